The molecule has 2 aliphatic rings. The van der Waals surface area contributed by atoms with Gasteiger partial charge in [-0.1, -0.05) is 38.1 Å². The van der Waals surface area contributed by atoms with Crippen molar-refractivity contribution in [2.24, 2.45) is 0 Å². The van der Waals surface area contributed by atoms with Gasteiger partial charge in [0.25, 0.3) is 0 Å². The van der Waals surface area contributed by atoms with E-state index in [9.17, 15) is 22.8 Å². The molecular formula is C24H27F3N4O2. The molecule has 0 spiro atoms. The van der Waals surface area contributed by atoms with Crippen molar-refractivity contribution in [2.75, 3.05) is 12.4 Å². The molecule has 2 N–H and O–H groups in total. The number of likely N-dealkylation sites (N-methyl/N-ethyl adjacent to an activating group) is 1. The molecule has 1 aliphatic carbocycles. The number of fused-ring (bicyclic) bond motifs is 1. The number of carbonyl (C=O) groups excluding carboxylic acids is 2. The molecule has 1 unspecified atom stereocenters. The second-order valence-corrected chi connectivity index (χ2v) is 9.30. The number of aromatic nitrogens is 1. The Morgan fingerprint density at radius 3 is 2.55 bits per heavy atom. The highest BCUT2D eigenvalue weighted by atomic mass is 19.4. The normalized spacial score (nSPS) is 22.4. The topological polar surface area (TPSA) is 74.3 Å². The van der Waals surface area contributed by atoms with E-state index in [4.69, 9.17) is 0 Å². The van der Waals surface area contributed by atoms with Gasteiger partial charge in [-0.15, -0.1) is 0 Å². The van der Waals surface area contributed by atoms with Crippen LogP contribution in [-0.4, -0.2) is 47.0 Å². The Morgan fingerprint density at radius 2 is 1.97 bits per heavy atom. The van der Waals surface area contributed by atoms with Crippen molar-refractivity contribution in [3.8, 4) is 0 Å². The van der Waals surface area contributed by atoms with Crippen LogP contribution < -0.4 is 10.6 Å². The van der Waals surface area contributed by atoms with Crippen LogP contribution in [0.5, 0.6) is 0 Å². The van der Waals surface area contributed by atoms with Gasteiger partial charge in [0.15, 0.2) is 6.04 Å². The van der Waals surface area contributed by atoms with E-state index in [0.29, 0.717) is 10.6 Å². The van der Waals surface area contributed by atoms with E-state index >= 15 is 0 Å². The molecule has 2 amide bonds. The smallest absolute Gasteiger partial charge is 0.380 e. The molecule has 0 saturated carbocycles. The highest BCUT2D eigenvalue weighted by Gasteiger charge is 2.48. The van der Waals surface area contributed by atoms with E-state index < -0.39 is 24.2 Å². The third-order valence-corrected chi connectivity index (χ3v) is 6.75. The third kappa shape index (κ3) is 4.41. The van der Waals surface area contributed by atoms with Crippen molar-refractivity contribution in [2.45, 2.75) is 62.8 Å². The lowest BCUT2D eigenvalue weighted by Crippen LogP contribution is -2.48. The Balaban J connectivity index is 1.52. The minimum absolute atomic E-state index is 0.0659. The maximum absolute atomic E-state index is 13.9. The number of nitrogens with zero attached hydrogens (tertiary/aromatic N) is 2. The Hall–Kier alpha value is -3.10. The molecule has 176 valence electrons. The number of halogens is 3. The number of benzene rings is 1. The van der Waals surface area contributed by atoms with E-state index in [1.54, 1.807) is 6.07 Å². The van der Waals surface area contributed by atoms with Crippen LogP contribution in [0.3, 0.4) is 0 Å². The van der Waals surface area contributed by atoms with Crippen molar-refractivity contribution in [1.82, 2.24) is 15.2 Å². The molecule has 2 heterocycles. The molecule has 6 nitrogen and oxygen atoms in total. The van der Waals surface area contributed by atoms with Crippen LogP contribution in [-0.2, 0) is 21.4 Å². The quantitative estimate of drug-likeness (QED) is 0.713. The Kier molecular flexibility index (Phi) is 5.84. The van der Waals surface area contributed by atoms with Gasteiger partial charge < -0.3 is 15.5 Å². The lowest BCUT2D eigenvalue weighted by atomic mass is 9.83. The standard InChI is InChI=1S/C24H27F3N4O2/c1-23(2)16-7-5-4-6-14(16)12-19(23)29-15-8-9-17(28-13-15)21(24(25,26)27)31(3)22(33)18-10-11-20(32)30-18/h4-9,13,18-19,21,29H,10-12H2,1-3H3,(H,30,32)/t18-,19-,21?/m0/s1. The summed E-state index contributed by atoms with van der Waals surface area (Å²) in [7, 11) is 1.09. The first kappa shape index (κ1) is 23.1. The number of anilines is 1. The number of pyridine rings is 1. The zero-order valence-electron chi connectivity index (χ0n) is 18.7. The van der Waals surface area contributed by atoms with Crippen LogP contribution >= 0.6 is 0 Å². The van der Waals surface area contributed by atoms with E-state index in [1.807, 2.05) is 12.1 Å². The number of amides is 2. The van der Waals surface area contributed by atoms with Crippen LogP contribution in [0, 0.1) is 0 Å². The Bertz CT molecular complexity index is 1050. The van der Waals surface area contributed by atoms with Crippen LogP contribution in [0.4, 0.5) is 18.9 Å². The molecule has 1 aliphatic heterocycles. The van der Waals surface area contributed by atoms with Gasteiger partial charge in [-0.3, -0.25) is 14.6 Å². The molecular weight excluding hydrogens is 433 g/mol. The predicted octanol–water partition coefficient (Wildman–Crippen LogP) is 3.74. The van der Waals surface area contributed by atoms with Crippen LogP contribution in [0.2, 0.25) is 0 Å². The summed E-state index contributed by atoms with van der Waals surface area (Å²) in [5.74, 6) is -1.12. The van der Waals surface area contributed by atoms with Crippen LogP contribution in [0.25, 0.3) is 0 Å². The zero-order valence-corrected chi connectivity index (χ0v) is 18.7. The summed E-state index contributed by atoms with van der Waals surface area (Å²) in [6.07, 6.45) is -2.23. The highest BCUT2D eigenvalue weighted by Crippen LogP contribution is 2.40. The van der Waals surface area contributed by atoms with Gasteiger partial charge in [0, 0.05) is 24.9 Å². The van der Waals surface area contributed by atoms with E-state index in [0.717, 1.165) is 13.5 Å². The molecule has 3 atom stereocenters. The number of rotatable bonds is 5. The number of hydrogen-bond donors (Lipinski definition) is 2. The minimum Gasteiger partial charge on any atom is -0.380 e. The summed E-state index contributed by atoms with van der Waals surface area (Å²) < 4.78 is 41.8. The van der Waals surface area contributed by atoms with E-state index in [1.165, 1.54) is 23.4 Å². The second-order valence-electron chi connectivity index (χ2n) is 9.30. The molecule has 2 aromatic rings. The summed E-state index contributed by atoms with van der Waals surface area (Å²) in [6, 6.07) is 7.98. The summed E-state index contributed by atoms with van der Waals surface area (Å²) >= 11 is 0. The van der Waals surface area contributed by atoms with E-state index in [-0.39, 0.29) is 35.9 Å². The lowest BCUT2D eigenvalue weighted by Gasteiger charge is -2.32. The average molecular weight is 461 g/mol. The van der Waals surface area contributed by atoms with Gasteiger partial charge in [0.1, 0.15) is 6.04 Å². The van der Waals surface area contributed by atoms with Crippen molar-refractivity contribution < 1.29 is 22.8 Å². The second kappa shape index (κ2) is 8.35. The molecule has 33 heavy (non-hydrogen) atoms. The monoisotopic (exact) mass is 460 g/mol. The van der Waals surface area contributed by atoms with Gasteiger partial charge >= 0.3 is 6.18 Å². The van der Waals surface area contributed by atoms with Crippen LogP contribution in [0.1, 0.15) is 49.6 Å². The largest absolute Gasteiger partial charge is 0.414 e. The maximum atomic E-state index is 13.9. The fourth-order valence-corrected chi connectivity index (χ4v) is 4.83. The van der Waals surface area contributed by atoms with Crippen molar-refractivity contribution in [3.05, 3.63) is 59.4 Å². The number of carbonyl (C=O) groups is 2. The summed E-state index contributed by atoms with van der Waals surface area (Å²) in [5, 5.41) is 5.84. The van der Waals surface area contributed by atoms with Crippen molar-refractivity contribution in [1.29, 1.82) is 0 Å². The number of hydrogen-bond acceptors (Lipinski definition) is 4. The molecule has 0 radical (unpaired) electrons. The third-order valence-electron chi connectivity index (χ3n) is 6.75. The van der Waals surface area contributed by atoms with Crippen molar-refractivity contribution >= 4 is 17.5 Å². The molecule has 1 saturated heterocycles. The Morgan fingerprint density at radius 1 is 1.24 bits per heavy atom. The number of nitrogens with one attached hydrogen (secondary N) is 2. The van der Waals surface area contributed by atoms with Gasteiger partial charge in [0.2, 0.25) is 11.8 Å². The van der Waals surface area contributed by atoms with Gasteiger partial charge in [-0.05, 0) is 36.1 Å². The van der Waals surface area contributed by atoms with Crippen LogP contribution in [0.15, 0.2) is 42.6 Å². The zero-order chi connectivity index (χ0) is 24.0. The molecule has 9 heteroatoms. The van der Waals surface area contributed by atoms with Gasteiger partial charge in [-0.2, -0.15) is 13.2 Å². The SMILES string of the molecule is CN(C(=O)[C@@H]1CCC(=O)N1)C(c1ccc(N[C@H]2Cc3ccccc3C2(C)C)cn1)C(F)(F)F. The molecule has 4 rings (SSSR count). The first-order valence-electron chi connectivity index (χ1n) is 10.9. The van der Waals surface area contributed by atoms with Gasteiger partial charge in [0.05, 0.1) is 17.6 Å². The first-order valence-corrected chi connectivity index (χ1v) is 10.9. The maximum Gasteiger partial charge on any atom is 0.414 e. The summed E-state index contributed by atoms with van der Waals surface area (Å²) in [6.45, 7) is 4.28. The molecule has 1 aromatic heterocycles. The molecule has 1 aromatic carbocycles. The fourth-order valence-electron chi connectivity index (χ4n) is 4.83. The average Bonchev–Trinajstić information content (AvgIpc) is 3.29. The fraction of sp³-hybridized carbons (Fsp3) is 0.458. The van der Waals surface area contributed by atoms with E-state index in [2.05, 4.69) is 41.6 Å². The highest BCUT2D eigenvalue weighted by molar-refractivity contribution is 5.90. The van der Waals surface area contributed by atoms with Crippen molar-refractivity contribution in [3.63, 3.8) is 0 Å². The summed E-state index contributed by atoms with van der Waals surface area (Å²) in [5.41, 5.74) is 2.69. The number of alkyl halides is 3. The summed E-state index contributed by atoms with van der Waals surface area (Å²) in [4.78, 5) is 28.7. The van der Waals surface area contributed by atoms with Gasteiger partial charge in [-0.25, -0.2) is 0 Å². The minimum atomic E-state index is -4.72. The lowest BCUT2D eigenvalue weighted by molar-refractivity contribution is -0.190. The molecule has 1 fully saturated rings. The molecule has 0 bridgehead atoms. The Labute approximate surface area is 190 Å². The predicted molar refractivity (Wildman–Crippen MR) is 118 cm³/mol. The first-order chi connectivity index (χ1) is 15.5.